The van der Waals surface area contributed by atoms with Crippen molar-refractivity contribution >= 4 is 30.1 Å². The molecule has 1 aromatic carbocycles. The Hall–Kier alpha value is -1.92. The van der Waals surface area contributed by atoms with Crippen molar-refractivity contribution in [2.45, 2.75) is 32.7 Å². The number of nitrogens with one attached hydrogen (secondary N) is 1. The summed E-state index contributed by atoms with van der Waals surface area (Å²) in [5, 5.41) is 3.17. The normalized spacial score (nSPS) is 18.6. The van der Waals surface area contributed by atoms with Gasteiger partial charge in [0.25, 0.3) is 11.8 Å². The molecule has 0 saturated carbocycles. The molecule has 0 spiro atoms. The Labute approximate surface area is 160 Å². The van der Waals surface area contributed by atoms with Crippen LogP contribution in [0.2, 0.25) is 0 Å². The Balaban J connectivity index is 0.00000243. The van der Waals surface area contributed by atoms with Crippen molar-refractivity contribution in [3.05, 3.63) is 34.9 Å². The first kappa shape index (κ1) is 20.4. The number of amides is 3. The number of likely N-dealkylation sites (tertiary alicyclic amines) is 1. The van der Waals surface area contributed by atoms with Gasteiger partial charge < -0.3 is 10.2 Å². The average molecular weight is 380 g/mol. The molecule has 1 unspecified atom stereocenters. The highest BCUT2D eigenvalue weighted by atomic mass is 35.5. The lowest BCUT2D eigenvalue weighted by Crippen LogP contribution is -2.51. The van der Waals surface area contributed by atoms with E-state index < -0.39 is 6.04 Å². The second-order valence-electron chi connectivity index (χ2n) is 7.03. The molecule has 0 radical (unpaired) electrons. The first-order valence-electron chi connectivity index (χ1n) is 8.86. The van der Waals surface area contributed by atoms with Gasteiger partial charge in [-0.25, -0.2) is 0 Å². The van der Waals surface area contributed by atoms with Crippen molar-refractivity contribution in [1.29, 1.82) is 0 Å². The van der Waals surface area contributed by atoms with E-state index in [9.17, 15) is 14.4 Å². The lowest BCUT2D eigenvalue weighted by atomic mass is 9.96. The van der Waals surface area contributed by atoms with Crippen LogP contribution in [0.15, 0.2) is 18.2 Å². The second kappa shape index (κ2) is 8.18. The maximum atomic E-state index is 12.8. The fourth-order valence-electron chi connectivity index (χ4n) is 3.75. The third kappa shape index (κ3) is 3.62. The highest BCUT2D eigenvalue weighted by molar-refractivity contribution is 6.22. The molecule has 2 aliphatic rings. The highest BCUT2D eigenvalue weighted by Gasteiger charge is 2.42. The van der Waals surface area contributed by atoms with Crippen molar-refractivity contribution in [2.75, 3.05) is 26.7 Å². The Morgan fingerprint density at radius 3 is 2.42 bits per heavy atom. The molecular weight excluding hydrogens is 354 g/mol. The number of carbonyl (C=O) groups excluding carboxylic acids is 3. The summed E-state index contributed by atoms with van der Waals surface area (Å²) in [6.45, 7) is 5.84. The van der Waals surface area contributed by atoms with Crippen LogP contribution in [0.4, 0.5) is 0 Å². The van der Waals surface area contributed by atoms with E-state index in [-0.39, 0.29) is 30.1 Å². The zero-order chi connectivity index (χ0) is 18.1. The van der Waals surface area contributed by atoms with Gasteiger partial charge in [-0.1, -0.05) is 11.6 Å². The molecule has 1 fully saturated rings. The lowest BCUT2D eigenvalue weighted by molar-refractivity contribution is -0.136. The van der Waals surface area contributed by atoms with E-state index in [1.807, 2.05) is 20.0 Å². The van der Waals surface area contributed by atoms with Crippen LogP contribution >= 0.6 is 12.4 Å². The summed E-state index contributed by atoms with van der Waals surface area (Å²) in [7, 11) is 1.93. The SMILES string of the molecule is CNCC1CCN(C(=O)C(C)N2C(=O)c3ccc(C)cc3C2=O)CC1.Cl. The van der Waals surface area contributed by atoms with E-state index in [0.717, 1.165) is 29.8 Å². The van der Waals surface area contributed by atoms with Crippen molar-refractivity contribution in [1.82, 2.24) is 15.1 Å². The van der Waals surface area contributed by atoms with Gasteiger partial charge in [-0.05, 0) is 58.3 Å². The third-order valence-corrected chi connectivity index (χ3v) is 5.24. The van der Waals surface area contributed by atoms with Gasteiger partial charge in [-0.3, -0.25) is 19.3 Å². The average Bonchev–Trinajstić information content (AvgIpc) is 2.85. The predicted molar refractivity (Wildman–Crippen MR) is 102 cm³/mol. The molecule has 3 amide bonds. The van der Waals surface area contributed by atoms with E-state index >= 15 is 0 Å². The van der Waals surface area contributed by atoms with Crippen LogP contribution in [0.3, 0.4) is 0 Å². The third-order valence-electron chi connectivity index (χ3n) is 5.24. The predicted octanol–water partition coefficient (Wildman–Crippen LogP) is 1.86. The smallest absolute Gasteiger partial charge is 0.262 e. The summed E-state index contributed by atoms with van der Waals surface area (Å²) in [5.74, 6) is -0.304. The number of aryl methyl sites for hydroxylation is 1. The molecule has 0 aliphatic carbocycles. The van der Waals surface area contributed by atoms with Crippen LogP contribution in [-0.4, -0.2) is 60.2 Å². The number of fused-ring (bicyclic) bond motifs is 1. The summed E-state index contributed by atoms with van der Waals surface area (Å²) in [6.07, 6.45) is 1.89. The Morgan fingerprint density at radius 2 is 1.81 bits per heavy atom. The number of halogens is 1. The summed E-state index contributed by atoms with van der Waals surface area (Å²) in [5.41, 5.74) is 1.72. The molecule has 1 N–H and O–H groups in total. The van der Waals surface area contributed by atoms with Gasteiger partial charge in [0.2, 0.25) is 5.91 Å². The molecule has 1 atom stereocenters. The Kier molecular flexibility index (Phi) is 6.42. The fourth-order valence-corrected chi connectivity index (χ4v) is 3.75. The molecule has 1 aromatic rings. The standard InChI is InChI=1S/C19H25N3O3.ClH/c1-12-4-5-15-16(10-12)19(25)22(18(15)24)13(2)17(23)21-8-6-14(7-9-21)11-20-3;/h4-5,10,13-14,20H,6-9,11H2,1-3H3;1H. The van der Waals surface area contributed by atoms with Gasteiger partial charge in [0.05, 0.1) is 11.1 Å². The number of piperidine rings is 1. The summed E-state index contributed by atoms with van der Waals surface area (Å²) >= 11 is 0. The highest BCUT2D eigenvalue weighted by Crippen LogP contribution is 2.27. The molecule has 0 aromatic heterocycles. The molecule has 7 heteroatoms. The van der Waals surface area contributed by atoms with E-state index in [2.05, 4.69) is 5.32 Å². The van der Waals surface area contributed by atoms with Crippen molar-refractivity contribution < 1.29 is 14.4 Å². The van der Waals surface area contributed by atoms with Crippen molar-refractivity contribution in [2.24, 2.45) is 5.92 Å². The molecule has 142 valence electrons. The summed E-state index contributed by atoms with van der Waals surface area (Å²) in [4.78, 5) is 41.0. The molecule has 3 rings (SSSR count). The zero-order valence-corrected chi connectivity index (χ0v) is 16.3. The van der Waals surface area contributed by atoms with Crippen LogP contribution < -0.4 is 5.32 Å². The van der Waals surface area contributed by atoms with Crippen LogP contribution in [-0.2, 0) is 4.79 Å². The van der Waals surface area contributed by atoms with Gasteiger partial charge in [0.15, 0.2) is 0 Å². The second-order valence-corrected chi connectivity index (χ2v) is 7.03. The topological polar surface area (TPSA) is 69.7 Å². The zero-order valence-electron chi connectivity index (χ0n) is 15.4. The molecule has 0 bridgehead atoms. The quantitative estimate of drug-likeness (QED) is 0.811. The van der Waals surface area contributed by atoms with Gasteiger partial charge in [-0.15, -0.1) is 12.4 Å². The summed E-state index contributed by atoms with van der Waals surface area (Å²) in [6, 6.07) is 4.43. The minimum Gasteiger partial charge on any atom is -0.341 e. The first-order chi connectivity index (χ1) is 11.9. The van der Waals surface area contributed by atoms with Gasteiger partial charge in [0, 0.05) is 13.1 Å². The maximum absolute atomic E-state index is 12.8. The first-order valence-corrected chi connectivity index (χ1v) is 8.86. The number of hydrogen-bond donors (Lipinski definition) is 1. The van der Waals surface area contributed by atoms with E-state index in [4.69, 9.17) is 0 Å². The number of hydrogen-bond acceptors (Lipinski definition) is 4. The van der Waals surface area contributed by atoms with Gasteiger partial charge in [-0.2, -0.15) is 0 Å². The fraction of sp³-hybridized carbons (Fsp3) is 0.526. The van der Waals surface area contributed by atoms with Gasteiger partial charge in [0.1, 0.15) is 6.04 Å². The number of carbonyl (C=O) groups is 3. The molecule has 1 saturated heterocycles. The minimum absolute atomic E-state index is 0. The monoisotopic (exact) mass is 379 g/mol. The van der Waals surface area contributed by atoms with E-state index in [1.165, 1.54) is 0 Å². The molecule has 26 heavy (non-hydrogen) atoms. The number of imide groups is 1. The molecule has 2 aliphatic heterocycles. The minimum atomic E-state index is -0.770. The largest absolute Gasteiger partial charge is 0.341 e. The van der Waals surface area contributed by atoms with Crippen LogP contribution in [0.1, 0.15) is 46.0 Å². The molecular formula is C19H26ClN3O3. The van der Waals surface area contributed by atoms with Crippen LogP contribution in [0.5, 0.6) is 0 Å². The van der Waals surface area contributed by atoms with E-state index in [1.54, 1.807) is 24.0 Å². The number of nitrogens with zero attached hydrogens (tertiary/aromatic N) is 2. The maximum Gasteiger partial charge on any atom is 0.262 e. The van der Waals surface area contributed by atoms with Crippen LogP contribution in [0, 0.1) is 12.8 Å². The Bertz CT molecular complexity index is 714. The Morgan fingerprint density at radius 1 is 1.19 bits per heavy atom. The van der Waals surface area contributed by atoms with Gasteiger partial charge >= 0.3 is 0 Å². The lowest BCUT2D eigenvalue weighted by Gasteiger charge is -2.35. The number of rotatable bonds is 4. The summed E-state index contributed by atoms with van der Waals surface area (Å²) < 4.78 is 0. The number of benzene rings is 1. The molecule has 2 heterocycles. The molecule has 6 nitrogen and oxygen atoms in total. The van der Waals surface area contributed by atoms with E-state index in [0.29, 0.717) is 30.1 Å². The van der Waals surface area contributed by atoms with Crippen LogP contribution in [0.25, 0.3) is 0 Å². The van der Waals surface area contributed by atoms with Crippen molar-refractivity contribution in [3.63, 3.8) is 0 Å². The van der Waals surface area contributed by atoms with Crippen molar-refractivity contribution in [3.8, 4) is 0 Å².